The molecule has 0 radical (unpaired) electrons. The van der Waals surface area contributed by atoms with Gasteiger partial charge >= 0.3 is 6.36 Å². The second-order valence-corrected chi connectivity index (χ2v) is 4.64. The molecule has 19 heavy (non-hydrogen) atoms. The minimum absolute atomic E-state index is 0.141. The third-order valence-electron chi connectivity index (χ3n) is 2.01. The fourth-order valence-electron chi connectivity index (χ4n) is 1.22. The van der Waals surface area contributed by atoms with Crippen LogP contribution in [0, 0.1) is 0 Å². The first-order valence-corrected chi connectivity index (χ1v) is 6.82. The Morgan fingerprint density at radius 2 is 2.16 bits per heavy atom. The largest absolute Gasteiger partial charge is 0.522 e. The van der Waals surface area contributed by atoms with E-state index in [0.29, 0.717) is 18.2 Å². The number of hydrogen-bond donors (Lipinski definition) is 1. The van der Waals surface area contributed by atoms with Crippen molar-refractivity contribution >= 4 is 11.8 Å². The van der Waals surface area contributed by atoms with Crippen molar-refractivity contribution in [3.8, 4) is 0 Å². The molecule has 0 fully saturated rings. The van der Waals surface area contributed by atoms with Gasteiger partial charge in [-0.3, -0.25) is 4.74 Å². The molecule has 0 aliphatic carbocycles. The van der Waals surface area contributed by atoms with Crippen molar-refractivity contribution in [1.82, 2.24) is 25.5 Å². The SMILES string of the molecule is CCCNCCn1nnnc1SCCOC(F)(F)F. The van der Waals surface area contributed by atoms with Crippen molar-refractivity contribution in [1.29, 1.82) is 0 Å². The Morgan fingerprint density at radius 1 is 1.37 bits per heavy atom. The van der Waals surface area contributed by atoms with E-state index in [9.17, 15) is 13.2 Å². The molecule has 0 aliphatic rings. The van der Waals surface area contributed by atoms with Gasteiger partial charge < -0.3 is 5.32 Å². The Bertz CT molecular complexity index is 360. The van der Waals surface area contributed by atoms with Crippen molar-refractivity contribution in [2.45, 2.75) is 31.4 Å². The summed E-state index contributed by atoms with van der Waals surface area (Å²) in [5.74, 6) is 0.141. The highest BCUT2D eigenvalue weighted by atomic mass is 32.2. The molecule has 0 aromatic carbocycles. The first kappa shape index (κ1) is 16.2. The van der Waals surface area contributed by atoms with E-state index in [2.05, 4.69) is 32.5 Å². The van der Waals surface area contributed by atoms with E-state index in [1.807, 2.05) is 0 Å². The van der Waals surface area contributed by atoms with E-state index < -0.39 is 13.0 Å². The number of aromatic nitrogens is 4. The van der Waals surface area contributed by atoms with Crippen LogP contribution in [0.3, 0.4) is 0 Å². The van der Waals surface area contributed by atoms with Crippen LogP contribution in [0.5, 0.6) is 0 Å². The number of nitrogens with zero attached hydrogens (tertiary/aromatic N) is 4. The number of tetrazole rings is 1. The zero-order chi connectivity index (χ0) is 14.1. The molecule has 1 N–H and O–H groups in total. The lowest BCUT2D eigenvalue weighted by atomic mass is 10.5. The van der Waals surface area contributed by atoms with Crippen LogP contribution < -0.4 is 5.32 Å². The second-order valence-electron chi connectivity index (χ2n) is 3.58. The predicted molar refractivity (Wildman–Crippen MR) is 63.7 cm³/mol. The molecule has 110 valence electrons. The van der Waals surface area contributed by atoms with Crippen molar-refractivity contribution in [2.75, 3.05) is 25.4 Å². The molecule has 0 spiro atoms. The highest BCUT2D eigenvalue weighted by molar-refractivity contribution is 7.99. The monoisotopic (exact) mass is 299 g/mol. The summed E-state index contributed by atoms with van der Waals surface area (Å²) in [6.45, 7) is 3.84. The van der Waals surface area contributed by atoms with E-state index in [-0.39, 0.29) is 5.75 Å². The van der Waals surface area contributed by atoms with Gasteiger partial charge in [-0.05, 0) is 23.4 Å². The molecule has 0 aliphatic heterocycles. The van der Waals surface area contributed by atoms with E-state index >= 15 is 0 Å². The van der Waals surface area contributed by atoms with Gasteiger partial charge in [-0.2, -0.15) is 0 Å². The molecule has 1 aromatic rings. The summed E-state index contributed by atoms with van der Waals surface area (Å²) in [5, 5.41) is 14.7. The standard InChI is InChI=1S/C9H16F3N5OS/c1-2-3-13-4-5-17-8(14-15-16-17)19-7-6-18-9(10,11)12/h13H,2-7H2,1H3. The average Bonchev–Trinajstić information content (AvgIpc) is 2.77. The van der Waals surface area contributed by atoms with Gasteiger partial charge in [0, 0.05) is 12.3 Å². The number of halogens is 3. The molecule has 1 heterocycles. The van der Waals surface area contributed by atoms with Gasteiger partial charge in [-0.1, -0.05) is 18.7 Å². The number of rotatable bonds is 9. The lowest BCUT2D eigenvalue weighted by molar-refractivity contribution is -0.322. The number of hydrogen-bond acceptors (Lipinski definition) is 6. The van der Waals surface area contributed by atoms with Gasteiger partial charge in [-0.15, -0.1) is 18.3 Å². The van der Waals surface area contributed by atoms with Crippen molar-refractivity contribution in [2.24, 2.45) is 0 Å². The number of thioether (sulfide) groups is 1. The van der Waals surface area contributed by atoms with Gasteiger partial charge in [0.1, 0.15) is 0 Å². The molecular formula is C9H16F3N5OS. The lowest BCUT2D eigenvalue weighted by Crippen LogP contribution is -2.21. The molecule has 0 unspecified atom stereocenters. The van der Waals surface area contributed by atoms with Crippen molar-refractivity contribution in [3.63, 3.8) is 0 Å². The van der Waals surface area contributed by atoms with Crippen LogP contribution in [0.25, 0.3) is 0 Å². The Labute approximate surface area is 113 Å². The molecule has 10 heteroatoms. The van der Waals surface area contributed by atoms with Gasteiger partial charge in [-0.25, -0.2) is 4.68 Å². The lowest BCUT2D eigenvalue weighted by Gasteiger charge is -2.07. The first-order valence-electron chi connectivity index (χ1n) is 5.83. The Hall–Kier alpha value is -0.870. The van der Waals surface area contributed by atoms with Crippen molar-refractivity contribution in [3.05, 3.63) is 0 Å². The molecule has 1 rings (SSSR count). The van der Waals surface area contributed by atoms with Crippen LogP contribution in [0.1, 0.15) is 13.3 Å². The maximum atomic E-state index is 11.8. The highest BCUT2D eigenvalue weighted by Gasteiger charge is 2.28. The van der Waals surface area contributed by atoms with Crippen LogP contribution in [-0.4, -0.2) is 52.0 Å². The minimum atomic E-state index is -4.59. The third kappa shape index (κ3) is 7.33. The zero-order valence-corrected chi connectivity index (χ0v) is 11.3. The van der Waals surface area contributed by atoms with E-state index in [4.69, 9.17) is 0 Å². The summed E-state index contributed by atoms with van der Waals surface area (Å²) in [6, 6.07) is 0. The van der Waals surface area contributed by atoms with Crippen LogP contribution in [0.2, 0.25) is 0 Å². The molecule has 6 nitrogen and oxygen atoms in total. The fraction of sp³-hybridized carbons (Fsp3) is 0.889. The smallest absolute Gasteiger partial charge is 0.315 e. The maximum absolute atomic E-state index is 11.8. The molecule has 1 aromatic heterocycles. The normalized spacial score (nSPS) is 12.0. The summed E-state index contributed by atoms with van der Waals surface area (Å²) in [4.78, 5) is 0. The molecule has 0 bridgehead atoms. The summed E-state index contributed by atoms with van der Waals surface area (Å²) in [7, 11) is 0. The maximum Gasteiger partial charge on any atom is 0.522 e. The number of ether oxygens (including phenoxy) is 1. The van der Waals surface area contributed by atoms with E-state index in [0.717, 1.165) is 24.7 Å². The van der Waals surface area contributed by atoms with E-state index in [1.165, 1.54) is 0 Å². The topological polar surface area (TPSA) is 64.9 Å². The summed E-state index contributed by atoms with van der Waals surface area (Å²) < 4.78 is 40.5. The van der Waals surface area contributed by atoms with Crippen LogP contribution in [-0.2, 0) is 11.3 Å². The number of alkyl halides is 3. The molecular weight excluding hydrogens is 283 g/mol. The Kier molecular flexibility index (Phi) is 7.10. The molecule has 0 saturated carbocycles. The van der Waals surface area contributed by atoms with Crippen LogP contribution >= 0.6 is 11.8 Å². The average molecular weight is 299 g/mol. The Morgan fingerprint density at radius 3 is 2.84 bits per heavy atom. The molecule has 0 atom stereocenters. The van der Waals surface area contributed by atoms with Crippen LogP contribution in [0.4, 0.5) is 13.2 Å². The molecule has 0 saturated heterocycles. The van der Waals surface area contributed by atoms with Crippen molar-refractivity contribution < 1.29 is 17.9 Å². The fourth-order valence-corrected chi connectivity index (χ4v) is 1.94. The summed E-state index contributed by atoms with van der Waals surface area (Å²) in [6.07, 6.45) is -3.55. The zero-order valence-electron chi connectivity index (χ0n) is 10.5. The van der Waals surface area contributed by atoms with Gasteiger partial charge in [0.05, 0.1) is 13.2 Å². The first-order chi connectivity index (χ1) is 9.03. The number of nitrogens with one attached hydrogen (secondary N) is 1. The second kappa shape index (κ2) is 8.33. The highest BCUT2D eigenvalue weighted by Crippen LogP contribution is 2.18. The van der Waals surface area contributed by atoms with Crippen LogP contribution in [0.15, 0.2) is 5.16 Å². The van der Waals surface area contributed by atoms with Gasteiger partial charge in [0.25, 0.3) is 0 Å². The predicted octanol–water partition coefficient (Wildman–Crippen LogP) is 1.30. The summed E-state index contributed by atoms with van der Waals surface area (Å²) in [5.41, 5.74) is 0. The minimum Gasteiger partial charge on any atom is -0.315 e. The third-order valence-corrected chi connectivity index (χ3v) is 2.93. The molecule has 0 amide bonds. The Balaban J connectivity index is 2.24. The summed E-state index contributed by atoms with van der Waals surface area (Å²) >= 11 is 1.13. The van der Waals surface area contributed by atoms with E-state index in [1.54, 1.807) is 4.68 Å². The quantitative estimate of drug-likeness (QED) is 0.548. The van der Waals surface area contributed by atoms with Gasteiger partial charge in [0.15, 0.2) is 0 Å². The van der Waals surface area contributed by atoms with Gasteiger partial charge in [0.2, 0.25) is 5.16 Å².